The number of thiazole rings is 1. The van der Waals surface area contributed by atoms with Gasteiger partial charge in [0.05, 0.1) is 20.4 Å². The van der Waals surface area contributed by atoms with Gasteiger partial charge in [0.2, 0.25) is 0 Å². The molecule has 4 rings (SSSR count). The number of nitrogens with zero attached hydrogens (tertiary/aromatic N) is 1. The Morgan fingerprint density at radius 3 is 2.52 bits per heavy atom. The van der Waals surface area contributed by atoms with Gasteiger partial charge in [0.25, 0.3) is 15.9 Å². The first-order valence-corrected chi connectivity index (χ1v) is 12.5. The summed E-state index contributed by atoms with van der Waals surface area (Å²) in [7, 11) is -3.89. The molecule has 1 aliphatic heterocycles. The van der Waals surface area contributed by atoms with Crippen LogP contribution < -0.4 is 19.5 Å². The van der Waals surface area contributed by atoms with E-state index in [0.717, 1.165) is 3.79 Å². The van der Waals surface area contributed by atoms with Crippen molar-refractivity contribution >= 4 is 60.0 Å². The lowest BCUT2D eigenvalue weighted by Crippen LogP contribution is -2.20. The summed E-state index contributed by atoms with van der Waals surface area (Å²) in [5.74, 6) is -0.425. The van der Waals surface area contributed by atoms with Crippen LogP contribution in [0.1, 0.15) is 10.4 Å². The van der Waals surface area contributed by atoms with Gasteiger partial charge in [0, 0.05) is 11.8 Å². The molecule has 0 unspecified atom stereocenters. The highest BCUT2D eigenvalue weighted by Crippen LogP contribution is 2.32. The Hall–Kier alpha value is -3.16. The van der Waals surface area contributed by atoms with Crippen molar-refractivity contribution in [1.29, 1.82) is 0 Å². The third-order valence-electron chi connectivity index (χ3n) is 4.25. The number of hydrogen-bond donors (Lipinski definition) is 2. The van der Waals surface area contributed by atoms with Gasteiger partial charge in [-0.05, 0) is 52.3 Å². The van der Waals surface area contributed by atoms with Crippen LogP contribution in [-0.2, 0) is 19.6 Å². The summed E-state index contributed by atoms with van der Waals surface area (Å²) in [6.45, 7) is 0.251. The lowest BCUT2D eigenvalue weighted by molar-refractivity contribution is -0.119. The van der Waals surface area contributed by atoms with Gasteiger partial charge in [-0.25, -0.2) is 18.2 Å². The Morgan fingerprint density at radius 2 is 1.82 bits per heavy atom. The number of sulfonamides is 1. The Kier molecular flexibility index (Phi) is 6.81. The zero-order chi connectivity index (χ0) is 23.4. The van der Waals surface area contributed by atoms with Gasteiger partial charge in [0.15, 0.2) is 23.2 Å². The lowest BCUT2D eigenvalue weighted by atomic mass is 10.2. The first-order valence-electron chi connectivity index (χ1n) is 9.41. The fourth-order valence-corrected chi connectivity index (χ4v) is 4.96. The van der Waals surface area contributed by atoms with Crippen molar-refractivity contribution in [3.8, 4) is 11.5 Å². The summed E-state index contributed by atoms with van der Waals surface area (Å²) >= 11 is 4.45. The molecular weight excluding hydrogens is 538 g/mol. The number of benzene rings is 2. The van der Waals surface area contributed by atoms with Crippen LogP contribution >= 0.6 is 27.3 Å². The van der Waals surface area contributed by atoms with E-state index in [0.29, 0.717) is 29.8 Å². The monoisotopic (exact) mass is 553 g/mol. The van der Waals surface area contributed by atoms with Gasteiger partial charge >= 0.3 is 5.97 Å². The topological polar surface area (TPSA) is 133 Å². The third kappa shape index (κ3) is 5.80. The van der Waals surface area contributed by atoms with E-state index in [-0.39, 0.29) is 16.1 Å². The maximum atomic E-state index is 12.7. The molecule has 1 amide bonds. The second-order valence-corrected chi connectivity index (χ2v) is 10.7. The van der Waals surface area contributed by atoms with Crippen LogP contribution in [0.2, 0.25) is 0 Å². The molecule has 0 saturated carbocycles. The molecule has 10 nitrogen and oxygen atoms in total. The predicted octanol–water partition coefficient (Wildman–Crippen LogP) is 3.27. The zero-order valence-corrected chi connectivity index (χ0v) is 20.0. The Morgan fingerprint density at radius 1 is 1.09 bits per heavy atom. The number of carbonyl (C=O) groups excluding carboxylic acids is 2. The molecule has 0 bridgehead atoms. The minimum absolute atomic E-state index is 0.00788. The average molecular weight is 554 g/mol. The van der Waals surface area contributed by atoms with Gasteiger partial charge in [-0.1, -0.05) is 11.3 Å². The number of fused-ring (bicyclic) bond motifs is 1. The van der Waals surface area contributed by atoms with Crippen LogP contribution in [0.3, 0.4) is 0 Å². The predicted molar refractivity (Wildman–Crippen MR) is 123 cm³/mol. The van der Waals surface area contributed by atoms with E-state index < -0.39 is 28.5 Å². The fourth-order valence-electron chi connectivity index (χ4n) is 2.76. The van der Waals surface area contributed by atoms with Crippen molar-refractivity contribution in [2.75, 3.05) is 29.9 Å². The van der Waals surface area contributed by atoms with Crippen LogP contribution in [0.25, 0.3) is 0 Å². The number of ether oxygens (including phenoxy) is 3. The SMILES string of the molecule is O=C(COC(=O)c1ccc(NS(=O)(=O)c2ccc3c(c2)OCCO3)cc1)Nc1ncc(Br)s1. The summed E-state index contributed by atoms with van der Waals surface area (Å²) in [6, 6.07) is 9.94. The van der Waals surface area contributed by atoms with E-state index in [4.69, 9.17) is 14.2 Å². The maximum Gasteiger partial charge on any atom is 0.338 e. The van der Waals surface area contributed by atoms with Crippen LogP contribution in [-0.4, -0.2) is 45.1 Å². The molecule has 0 radical (unpaired) electrons. The Bertz CT molecular complexity index is 1290. The normalized spacial score (nSPS) is 12.6. The van der Waals surface area contributed by atoms with E-state index in [1.54, 1.807) is 0 Å². The molecule has 1 aliphatic rings. The van der Waals surface area contributed by atoms with Crippen molar-refractivity contribution in [2.24, 2.45) is 0 Å². The van der Waals surface area contributed by atoms with E-state index >= 15 is 0 Å². The van der Waals surface area contributed by atoms with Crippen molar-refractivity contribution in [3.05, 3.63) is 58.0 Å². The molecule has 2 heterocycles. The zero-order valence-electron chi connectivity index (χ0n) is 16.7. The number of aromatic nitrogens is 1. The number of amides is 1. The number of halogens is 1. The van der Waals surface area contributed by atoms with Crippen LogP contribution in [0.5, 0.6) is 11.5 Å². The molecular formula is C20H16BrN3O7S2. The van der Waals surface area contributed by atoms with Crippen molar-refractivity contribution in [2.45, 2.75) is 4.90 Å². The van der Waals surface area contributed by atoms with Crippen LogP contribution in [0.4, 0.5) is 10.8 Å². The Balaban J connectivity index is 1.34. The first kappa shape index (κ1) is 23.0. The summed E-state index contributed by atoms with van der Waals surface area (Å²) < 4.78 is 44.4. The second kappa shape index (κ2) is 9.77. The maximum absolute atomic E-state index is 12.7. The molecule has 0 aliphatic carbocycles. The summed E-state index contributed by atoms with van der Waals surface area (Å²) in [6.07, 6.45) is 1.54. The van der Waals surface area contributed by atoms with Gasteiger partial charge < -0.3 is 14.2 Å². The summed E-state index contributed by atoms with van der Waals surface area (Å²) in [5, 5.41) is 2.88. The van der Waals surface area contributed by atoms with E-state index in [1.165, 1.54) is 60.0 Å². The van der Waals surface area contributed by atoms with Crippen molar-refractivity contribution in [1.82, 2.24) is 4.98 Å². The molecule has 0 atom stereocenters. The standard InChI is InChI=1S/C20H16BrN3O7S2/c21-17-10-22-20(32-17)23-18(25)11-31-19(26)12-1-3-13(4-2-12)24-33(27,28)14-5-6-15-16(9-14)30-8-7-29-15/h1-6,9-10,24H,7-8,11H2,(H,22,23,25). The average Bonchev–Trinajstić information content (AvgIpc) is 3.21. The van der Waals surface area contributed by atoms with Gasteiger partial charge in [-0.3, -0.25) is 14.8 Å². The molecule has 1 aromatic heterocycles. The summed E-state index contributed by atoms with van der Waals surface area (Å²) in [4.78, 5) is 28.0. The van der Waals surface area contributed by atoms with Crippen molar-refractivity contribution < 1.29 is 32.2 Å². The highest BCUT2D eigenvalue weighted by atomic mass is 79.9. The number of hydrogen-bond acceptors (Lipinski definition) is 9. The quantitative estimate of drug-likeness (QED) is 0.426. The highest BCUT2D eigenvalue weighted by Gasteiger charge is 2.20. The van der Waals surface area contributed by atoms with Crippen LogP contribution in [0.15, 0.2) is 57.3 Å². The van der Waals surface area contributed by atoms with Crippen molar-refractivity contribution in [3.63, 3.8) is 0 Å². The molecule has 0 fully saturated rings. The van der Waals surface area contributed by atoms with E-state index in [9.17, 15) is 18.0 Å². The number of esters is 1. The molecule has 33 heavy (non-hydrogen) atoms. The number of rotatable bonds is 7. The molecule has 0 saturated heterocycles. The van der Waals surface area contributed by atoms with Gasteiger partial charge in [-0.15, -0.1) is 0 Å². The van der Waals surface area contributed by atoms with E-state index in [2.05, 4.69) is 31.0 Å². The molecule has 3 aromatic rings. The third-order valence-corrected chi connectivity index (χ3v) is 7.03. The number of nitrogens with one attached hydrogen (secondary N) is 2. The number of anilines is 2. The molecule has 172 valence electrons. The Labute approximate surface area is 201 Å². The largest absolute Gasteiger partial charge is 0.486 e. The molecule has 2 aromatic carbocycles. The summed E-state index contributed by atoms with van der Waals surface area (Å²) in [5.41, 5.74) is 0.399. The van der Waals surface area contributed by atoms with Gasteiger partial charge in [0.1, 0.15) is 13.2 Å². The molecule has 13 heteroatoms. The molecule has 2 N–H and O–H groups in total. The highest BCUT2D eigenvalue weighted by molar-refractivity contribution is 9.11. The number of carbonyl (C=O) groups is 2. The fraction of sp³-hybridized carbons (Fsp3) is 0.150. The minimum Gasteiger partial charge on any atom is -0.486 e. The smallest absolute Gasteiger partial charge is 0.338 e. The lowest BCUT2D eigenvalue weighted by Gasteiger charge is -2.19. The van der Waals surface area contributed by atoms with Gasteiger partial charge in [-0.2, -0.15) is 0 Å². The first-order chi connectivity index (χ1) is 15.8. The second-order valence-electron chi connectivity index (χ2n) is 6.58. The minimum atomic E-state index is -3.89. The molecule has 0 spiro atoms. The van der Waals surface area contributed by atoms with Crippen LogP contribution in [0, 0.1) is 0 Å². The van der Waals surface area contributed by atoms with E-state index in [1.807, 2.05) is 0 Å².